The summed E-state index contributed by atoms with van der Waals surface area (Å²) in [5, 5.41) is 15.7. The van der Waals surface area contributed by atoms with Gasteiger partial charge in [-0.05, 0) is 55.9 Å². The molecule has 180 valence electrons. The van der Waals surface area contributed by atoms with Crippen LogP contribution in [0.4, 0.5) is 4.39 Å². The number of aromatic nitrogens is 2. The molecule has 5 nitrogen and oxygen atoms in total. The number of hydrogen-bond donors (Lipinski definition) is 1. The maximum atomic E-state index is 14.6. The molecule has 1 atom stereocenters. The van der Waals surface area contributed by atoms with E-state index >= 15 is 0 Å². The van der Waals surface area contributed by atoms with E-state index in [-0.39, 0.29) is 11.7 Å². The molecule has 0 aliphatic heterocycles. The smallest absolute Gasteiger partial charge is 0.227 e. The van der Waals surface area contributed by atoms with Crippen LogP contribution in [-0.2, 0) is 6.54 Å². The zero-order valence-electron chi connectivity index (χ0n) is 20.2. The predicted octanol–water partition coefficient (Wildman–Crippen LogP) is 6.08. The first kappa shape index (κ1) is 24.2. The molecule has 3 aromatic rings. The monoisotopic (exact) mass is 463 g/mol. The Labute approximate surface area is 201 Å². The second kappa shape index (κ2) is 10.1. The highest BCUT2D eigenvalue weighted by Crippen LogP contribution is 2.37. The number of hydrogen-bond acceptors (Lipinski definition) is 4. The third-order valence-electron chi connectivity index (χ3n) is 6.14. The lowest BCUT2D eigenvalue weighted by Gasteiger charge is -2.30. The van der Waals surface area contributed by atoms with E-state index in [4.69, 9.17) is 9.84 Å². The minimum absolute atomic E-state index is 0.130. The predicted molar refractivity (Wildman–Crippen MR) is 133 cm³/mol. The Balaban J connectivity index is 1.80. The van der Waals surface area contributed by atoms with E-state index in [1.807, 2.05) is 30.3 Å². The van der Waals surface area contributed by atoms with Gasteiger partial charge < -0.3 is 9.84 Å². The third kappa shape index (κ3) is 5.75. The molecule has 4 rings (SSSR count). The molecule has 0 amide bonds. The summed E-state index contributed by atoms with van der Waals surface area (Å²) < 4.78 is 22.6. The molecule has 34 heavy (non-hydrogen) atoms. The SMILES string of the molecule is C=CC(C)(O)CN(Cc1c(C(C)C)nn(-c2ccccc2)c1Oc1ccccc1F)CC1CC1. The fraction of sp³-hybridized carbons (Fsp3) is 0.393. The minimum Gasteiger partial charge on any atom is -0.435 e. The van der Waals surface area contributed by atoms with Crippen LogP contribution in [0.2, 0.25) is 0 Å². The van der Waals surface area contributed by atoms with Gasteiger partial charge in [0.25, 0.3) is 0 Å². The van der Waals surface area contributed by atoms with Crippen LogP contribution < -0.4 is 4.74 Å². The van der Waals surface area contributed by atoms with Crippen molar-refractivity contribution in [1.82, 2.24) is 14.7 Å². The molecule has 6 heteroatoms. The van der Waals surface area contributed by atoms with Crippen molar-refractivity contribution in [2.24, 2.45) is 5.92 Å². The van der Waals surface area contributed by atoms with Crippen molar-refractivity contribution in [2.45, 2.75) is 51.7 Å². The van der Waals surface area contributed by atoms with Crippen molar-refractivity contribution in [3.63, 3.8) is 0 Å². The van der Waals surface area contributed by atoms with E-state index in [0.717, 1.165) is 23.5 Å². The first-order valence-corrected chi connectivity index (χ1v) is 12.0. The number of aliphatic hydroxyl groups is 1. The van der Waals surface area contributed by atoms with Crippen molar-refractivity contribution < 1.29 is 14.2 Å². The number of benzene rings is 2. The normalized spacial score (nSPS) is 15.5. The van der Waals surface area contributed by atoms with E-state index in [0.29, 0.717) is 24.9 Å². The van der Waals surface area contributed by atoms with Crippen LogP contribution in [0.1, 0.15) is 50.8 Å². The molecule has 1 aromatic heterocycles. The van der Waals surface area contributed by atoms with Gasteiger partial charge in [0, 0.05) is 19.6 Å². The maximum Gasteiger partial charge on any atom is 0.227 e. The molecular formula is C28H34FN3O2. The van der Waals surface area contributed by atoms with Crippen molar-refractivity contribution in [3.8, 4) is 17.3 Å². The van der Waals surface area contributed by atoms with Crippen LogP contribution in [-0.4, -0.2) is 38.5 Å². The second-order valence-corrected chi connectivity index (χ2v) is 9.78. The molecule has 0 bridgehead atoms. The van der Waals surface area contributed by atoms with Gasteiger partial charge in [-0.25, -0.2) is 9.07 Å². The van der Waals surface area contributed by atoms with Gasteiger partial charge in [0.15, 0.2) is 11.6 Å². The Hall–Kier alpha value is -2.96. The summed E-state index contributed by atoms with van der Waals surface area (Å²) >= 11 is 0. The van der Waals surface area contributed by atoms with Crippen molar-refractivity contribution >= 4 is 0 Å². The highest BCUT2D eigenvalue weighted by molar-refractivity contribution is 5.44. The van der Waals surface area contributed by atoms with Gasteiger partial charge in [0.05, 0.1) is 22.5 Å². The van der Waals surface area contributed by atoms with E-state index in [1.165, 1.54) is 18.9 Å². The summed E-state index contributed by atoms with van der Waals surface area (Å²) in [6, 6.07) is 16.2. The Morgan fingerprint density at radius 3 is 2.50 bits per heavy atom. The summed E-state index contributed by atoms with van der Waals surface area (Å²) in [6.45, 7) is 11.6. The van der Waals surface area contributed by atoms with Crippen molar-refractivity contribution in [3.05, 3.63) is 84.3 Å². The minimum atomic E-state index is -1.02. The molecule has 1 saturated carbocycles. The van der Waals surface area contributed by atoms with Gasteiger partial charge in [-0.1, -0.05) is 50.3 Å². The quantitative estimate of drug-likeness (QED) is 0.350. The lowest BCUT2D eigenvalue weighted by molar-refractivity contribution is 0.0564. The van der Waals surface area contributed by atoms with Crippen LogP contribution in [0.15, 0.2) is 67.3 Å². The average molecular weight is 464 g/mol. The first-order valence-electron chi connectivity index (χ1n) is 12.0. The maximum absolute atomic E-state index is 14.6. The highest BCUT2D eigenvalue weighted by Gasteiger charge is 2.31. The van der Waals surface area contributed by atoms with Crippen molar-refractivity contribution in [2.75, 3.05) is 13.1 Å². The molecule has 1 N–H and O–H groups in total. The lowest BCUT2D eigenvalue weighted by atomic mass is 10.0. The summed E-state index contributed by atoms with van der Waals surface area (Å²) in [4.78, 5) is 2.24. The molecule has 2 aromatic carbocycles. The van der Waals surface area contributed by atoms with Gasteiger partial charge in [-0.15, -0.1) is 6.58 Å². The summed E-state index contributed by atoms with van der Waals surface area (Å²) in [6.07, 6.45) is 3.98. The van der Waals surface area contributed by atoms with E-state index < -0.39 is 11.4 Å². The van der Waals surface area contributed by atoms with Crippen molar-refractivity contribution in [1.29, 1.82) is 0 Å². The molecule has 1 heterocycles. The first-order chi connectivity index (χ1) is 16.3. The standard InChI is InChI=1S/C28H34FN3O2/c1-5-28(4,33)19-31(17-21-15-16-21)18-23-26(20(2)3)30-32(22-11-7-6-8-12-22)27(23)34-25-14-10-9-13-24(25)29/h5-14,20-21,33H,1,15-19H2,2-4H3. The third-order valence-corrected chi connectivity index (χ3v) is 6.14. The Morgan fingerprint density at radius 1 is 1.21 bits per heavy atom. The number of nitrogens with zero attached hydrogens (tertiary/aromatic N) is 3. The Bertz CT molecular complexity index is 1120. The van der Waals surface area contributed by atoms with E-state index in [2.05, 4.69) is 25.3 Å². The van der Waals surface area contributed by atoms with Gasteiger partial charge in [-0.2, -0.15) is 5.10 Å². The van der Waals surface area contributed by atoms with Crippen LogP contribution in [0.3, 0.4) is 0 Å². The van der Waals surface area contributed by atoms with Gasteiger partial charge in [-0.3, -0.25) is 4.90 Å². The zero-order valence-corrected chi connectivity index (χ0v) is 20.2. The van der Waals surface area contributed by atoms with Crippen LogP contribution in [0.25, 0.3) is 5.69 Å². The molecule has 1 aliphatic carbocycles. The summed E-state index contributed by atoms with van der Waals surface area (Å²) in [5.74, 6) is 0.987. The summed E-state index contributed by atoms with van der Waals surface area (Å²) in [7, 11) is 0. The molecule has 0 radical (unpaired) electrons. The molecular weight excluding hydrogens is 429 g/mol. The average Bonchev–Trinajstić information content (AvgIpc) is 3.56. The molecule has 0 saturated heterocycles. The fourth-order valence-corrected chi connectivity index (χ4v) is 4.14. The van der Waals surface area contributed by atoms with Gasteiger partial charge >= 0.3 is 0 Å². The fourth-order valence-electron chi connectivity index (χ4n) is 4.14. The van der Waals surface area contributed by atoms with Crippen LogP contribution in [0, 0.1) is 11.7 Å². The Morgan fingerprint density at radius 2 is 1.88 bits per heavy atom. The Kier molecular flexibility index (Phi) is 7.19. The van der Waals surface area contributed by atoms with E-state index in [9.17, 15) is 9.50 Å². The largest absolute Gasteiger partial charge is 0.435 e. The number of halogens is 1. The highest BCUT2D eigenvalue weighted by atomic mass is 19.1. The number of rotatable bonds is 11. The van der Waals surface area contributed by atoms with E-state index in [1.54, 1.807) is 35.9 Å². The summed E-state index contributed by atoms with van der Waals surface area (Å²) in [5.41, 5.74) is 1.63. The molecule has 1 fully saturated rings. The molecule has 0 spiro atoms. The molecule has 1 unspecified atom stereocenters. The van der Waals surface area contributed by atoms with Crippen LogP contribution >= 0.6 is 0 Å². The topological polar surface area (TPSA) is 50.5 Å². The number of ether oxygens (including phenoxy) is 1. The second-order valence-electron chi connectivity index (χ2n) is 9.78. The number of para-hydroxylation sites is 2. The lowest BCUT2D eigenvalue weighted by Crippen LogP contribution is -2.40. The van der Waals surface area contributed by atoms with Gasteiger partial charge in [0.2, 0.25) is 5.88 Å². The zero-order chi connectivity index (χ0) is 24.3. The van der Waals surface area contributed by atoms with Crippen LogP contribution in [0.5, 0.6) is 11.6 Å². The molecule has 1 aliphatic rings. The van der Waals surface area contributed by atoms with Gasteiger partial charge in [0.1, 0.15) is 0 Å².